The van der Waals surface area contributed by atoms with Crippen LogP contribution in [-0.4, -0.2) is 140 Å². The molecule has 2 fully saturated rings. The molecule has 2 rings (SSSR count). The summed E-state index contributed by atoms with van der Waals surface area (Å²) in [4.78, 5) is 13.3. The first-order valence-electron chi connectivity index (χ1n) is 35.1. The van der Waals surface area contributed by atoms with Gasteiger partial charge >= 0.3 is 0 Å². The number of amides is 1. The maximum Gasteiger partial charge on any atom is 0.220 e. The summed E-state index contributed by atoms with van der Waals surface area (Å²) < 4.78 is 22.8. The summed E-state index contributed by atoms with van der Waals surface area (Å²) in [5.74, 6) is -0.243. The second-order valence-electron chi connectivity index (χ2n) is 25.0. The van der Waals surface area contributed by atoms with Crippen molar-refractivity contribution in [2.24, 2.45) is 0 Å². The van der Waals surface area contributed by atoms with Gasteiger partial charge in [0.05, 0.1) is 32.0 Å². The third-order valence-corrected chi connectivity index (χ3v) is 17.4. The van der Waals surface area contributed by atoms with Gasteiger partial charge < -0.3 is 65.1 Å². The number of allylic oxidation sites excluding steroid dienone is 3. The molecule has 0 bridgehead atoms. The Balaban J connectivity index is 1.62. The van der Waals surface area contributed by atoms with Gasteiger partial charge in [-0.15, -0.1) is 0 Å². The van der Waals surface area contributed by atoms with E-state index >= 15 is 0 Å². The van der Waals surface area contributed by atoms with Gasteiger partial charge in [0.15, 0.2) is 12.6 Å². The van der Waals surface area contributed by atoms with Crippen LogP contribution in [0.3, 0.4) is 0 Å². The lowest BCUT2D eigenvalue weighted by atomic mass is 9.97. The van der Waals surface area contributed by atoms with Gasteiger partial charge in [0, 0.05) is 6.42 Å². The molecular formula is C69H131NO13. The normalized spacial score (nSPS) is 23.9. The number of rotatable bonds is 58. The Bertz CT molecular complexity index is 1490. The molecule has 2 saturated heterocycles. The van der Waals surface area contributed by atoms with E-state index in [0.717, 1.165) is 32.1 Å². The van der Waals surface area contributed by atoms with Crippen molar-refractivity contribution in [3.63, 3.8) is 0 Å². The SMILES string of the molecule is CCCCCCCCCCCC/C=C/CC/C=C/C(O)C(COC1OC(CO)C(OC2OC(CO)C(O)C(O)C2O)C(O)C1O)NC(=O)CCCCCCCCCCCCCCCCCCCCCCCCCCCCCCCCCCC. The van der Waals surface area contributed by atoms with Crippen molar-refractivity contribution in [3.8, 4) is 0 Å². The first-order chi connectivity index (χ1) is 40.6. The second-order valence-corrected chi connectivity index (χ2v) is 25.0. The van der Waals surface area contributed by atoms with Crippen molar-refractivity contribution in [2.75, 3.05) is 19.8 Å². The average Bonchev–Trinajstić information content (AvgIpc) is 3.65. The van der Waals surface area contributed by atoms with Gasteiger partial charge in [0.25, 0.3) is 0 Å². The molecule has 12 unspecified atom stereocenters. The highest BCUT2D eigenvalue weighted by molar-refractivity contribution is 5.76. The lowest BCUT2D eigenvalue weighted by Gasteiger charge is -2.46. The van der Waals surface area contributed by atoms with E-state index < -0.39 is 86.8 Å². The van der Waals surface area contributed by atoms with E-state index in [1.807, 2.05) is 6.08 Å². The van der Waals surface area contributed by atoms with Gasteiger partial charge in [-0.1, -0.05) is 301 Å². The Kier molecular flexibility index (Phi) is 51.0. The van der Waals surface area contributed by atoms with Crippen LogP contribution in [0.25, 0.3) is 0 Å². The van der Waals surface area contributed by atoms with E-state index in [4.69, 9.17) is 18.9 Å². The van der Waals surface area contributed by atoms with Gasteiger partial charge in [-0.05, 0) is 32.1 Å². The predicted octanol–water partition coefficient (Wildman–Crippen LogP) is 14.0. The third kappa shape index (κ3) is 39.2. The summed E-state index contributed by atoms with van der Waals surface area (Å²) in [6.07, 6.45) is 51.2. The van der Waals surface area contributed by atoms with Crippen LogP contribution >= 0.6 is 0 Å². The monoisotopic (exact) mass is 1180 g/mol. The topological polar surface area (TPSA) is 228 Å². The summed E-state index contributed by atoms with van der Waals surface area (Å²) in [7, 11) is 0. The lowest BCUT2D eigenvalue weighted by molar-refractivity contribution is -0.359. The largest absolute Gasteiger partial charge is 0.394 e. The molecule has 0 aromatic heterocycles. The van der Waals surface area contributed by atoms with Crippen LogP contribution in [-0.2, 0) is 23.7 Å². The quantitative estimate of drug-likeness (QED) is 0.0204. The maximum absolute atomic E-state index is 13.3. The molecule has 2 aliphatic heterocycles. The van der Waals surface area contributed by atoms with Crippen LogP contribution in [0.5, 0.6) is 0 Å². The van der Waals surface area contributed by atoms with E-state index in [1.54, 1.807) is 6.08 Å². The Hall–Kier alpha value is -1.53. The van der Waals surface area contributed by atoms with E-state index in [0.29, 0.717) is 12.8 Å². The molecule has 2 heterocycles. The molecule has 0 radical (unpaired) electrons. The summed E-state index contributed by atoms with van der Waals surface area (Å²) in [6, 6.07) is -0.928. The second kappa shape index (κ2) is 54.6. The minimum Gasteiger partial charge on any atom is -0.394 e. The number of carbonyl (C=O) groups excluding carboxylic acids is 1. The molecule has 0 aliphatic carbocycles. The highest BCUT2D eigenvalue weighted by Gasteiger charge is 2.51. The number of carbonyl (C=O) groups is 1. The molecule has 1 amide bonds. The van der Waals surface area contributed by atoms with Crippen LogP contribution in [0.4, 0.5) is 0 Å². The number of aliphatic hydroxyl groups is 8. The van der Waals surface area contributed by atoms with Crippen molar-refractivity contribution >= 4 is 5.91 Å². The highest BCUT2D eigenvalue weighted by atomic mass is 16.7. The fraction of sp³-hybridized carbons (Fsp3) is 0.928. The fourth-order valence-electron chi connectivity index (χ4n) is 11.8. The van der Waals surface area contributed by atoms with Crippen molar-refractivity contribution in [1.29, 1.82) is 0 Å². The fourth-order valence-corrected chi connectivity index (χ4v) is 11.8. The number of hydrogen-bond donors (Lipinski definition) is 9. The van der Waals surface area contributed by atoms with Crippen molar-refractivity contribution in [2.45, 2.75) is 389 Å². The molecule has 14 heteroatoms. The third-order valence-electron chi connectivity index (χ3n) is 17.4. The molecule has 83 heavy (non-hydrogen) atoms. The number of unbranched alkanes of at least 4 members (excludes halogenated alkanes) is 43. The molecule has 0 aromatic carbocycles. The molecule has 14 nitrogen and oxygen atoms in total. The van der Waals surface area contributed by atoms with Gasteiger partial charge in [0.1, 0.15) is 48.8 Å². The van der Waals surface area contributed by atoms with Gasteiger partial charge in [0.2, 0.25) is 5.91 Å². The standard InChI is InChI=1S/C69H131NO13/c1-3-5-7-9-11-13-15-17-19-21-22-23-24-25-26-27-28-29-30-31-32-33-34-35-36-37-39-41-43-45-47-49-51-53-61(74)70-57(58(73)52-50-48-46-44-42-40-38-20-18-16-14-12-10-8-6-4-2)56-80-68-66(79)64(77)67(60(55-72)82-68)83-69-65(78)63(76)62(75)59(54-71)81-69/h42,44,50,52,57-60,62-69,71-73,75-79H,3-41,43,45-49,51,53-56H2,1-2H3,(H,70,74)/b44-42+,52-50+. The van der Waals surface area contributed by atoms with Crippen molar-refractivity contribution in [3.05, 3.63) is 24.3 Å². The lowest BCUT2D eigenvalue weighted by Crippen LogP contribution is -2.65. The molecule has 0 aromatic rings. The van der Waals surface area contributed by atoms with E-state index in [2.05, 4.69) is 31.3 Å². The van der Waals surface area contributed by atoms with Gasteiger partial charge in [-0.25, -0.2) is 0 Å². The zero-order valence-corrected chi connectivity index (χ0v) is 53.2. The Morgan fingerprint density at radius 1 is 0.422 bits per heavy atom. The molecule has 12 atom stereocenters. The average molecular weight is 1180 g/mol. The summed E-state index contributed by atoms with van der Waals surface area (Å²) in [6.45, 7) is 2.82. The van der Waals surface area contributed by atoms with Gasteiger partial charge in [-0.2, -0.15) is 0 Å². The summed E-state index contributed by atoms with van der Waals surface area (Å²) in [5, 5.41) is 87.3. The van der Waals surface area contributed by atoms with Crippen LogP contribution in [0, 0.1) is 0 Å². The van der Waals surface area contributed by atoms with Crippen LogP contribution in [0.2, 0.25) is 0 Å². The molecular weight excluding hydrogens is 1050 g/mol. The van der Waals surface area contributed by atoms with Crippen molar-refractivity contribution < 1.29 is 64.6 Å². The van der Waals surface area contributed by atoms with Crippen LogP contribution in [0.15, 0.2) is 24.3 Å². The molecule has 490 valence electrons. The molecule has 9 N–H and O–H groups in total. The Morgan fingerprint density at radius 2 is 0.771 bits per heavy atom. The van der Waals surface area contributed by atoms with Crippen molar-refractivity contribution in [1.82, 2.24) is 5.32 Å². The minimum atomic E-state index is -1.79. The Labute approximate surface area is 507 Å². The number of ether oxygens (including phenoxy) is 4. The minimum absolute atomic E-state index is 0.243. The van der Waals surface area contributed by atoms with Gasteiger partial charge in [-0.3, -0.25) is 4.79 Å². The zero-order chi connectivity index (χ0) is 60.2. The molecule has 2 aliphatic rings. The van der Waals surface area contributed by atoms with E-state index in [-0.39, 0.29) is 18.9 Å². The van der Waals surface area contributed by atoms with Crippen LogP contribution in [0.1, 0.15) is 316 Å². The number of hydrogen-bond acceptors (Lipinski definition) is 13. The summed E-state index contributed by atoms with van der Waals surface area (Å²) in [5.41, 5.74) is 0. The molecule has 0 spiro atoms. The smallest absolute Gasteiger partial charge is 0.220 e. The molecule has 0 saturated carbocycles. The number of aliphatic hydroxyl groups excluding tert-OH is 8. The maximum atomic E-state index is 13.3. The van der Waals surface area contributed by atoms with E-state index in [1.165, 1.54) is 250 Å². The Morgan fingerprint density at radius 3 is 1.18 bits per heavy atom. The summed E-state index contributed by atoms with van der Waals surface area (Å²) >= 11 is 0. The first kappa shape index (κ1) is 77.6. The zero-order valence-electron chi connectivity index (χ0n) is 53.2. The predicted molar refractivity (Wildman–Crippen MR) is 337 cm³/mol. The van der Waals surface area contributed by atoms with Crippen LogP contribution < -0.4 is 5.32 Å². The highest BCUT2D eigenvalue weighted by Crippen LogP contribution is 2.30. The first-order valence-corrected chi connectivity index (χ1v) is 35.1. The number of nitrogens with one attached hydrogen (secondary N) is 1. The van der Waals surface area contributed by atoms with E-state index in [9.17, 15) is 45.6 Å².